The summed E-state index contributed by atoms with van der Waals surface area (Å²) in [5.41, 5.74) is 1.34. The van der Waals surface area contributed by atoms with Crippen LogP contribution in [0, 0.1) is 5.92 Å². The lowest BCUT2D eigenvalue weighted by Gasteiger charge is -2.31. The number of hydrogen-bond acceptors (Lipinski definition) is 3. The number of ether oxygens (including phenoxy) is 1. The Labute approximate surface area is 129 Å². The quantitative estimate of drug-likeness (QED) is 0.832. The Balaban J connectivity index is 2.02. The van der Waals surface area contributed by atoms with Gasteiger partial charge in [-0.3, -0.25) is 4.90 Å². The summed E-state index contributed by atoms with van der Waals surface area (Å²) >= 11 is 0. The maximum atomic E-state index is 5.53. The maximum absolute atomic E-state index is 5.53. The molecule has 1 aromatic rings. The average Bonchev–Trinajstić information content (AvgIpc) is 2.94. The van der Waals surface area contributed by atoms with Crippen LogP contribution in [0.5, 0.6) is 5.75 Å². The summed E-state index contributed by atoms with van der Waals surface area (Å²) in [5, 5.41) is 3.47. The Morgan fingerprint density at radius 3 is 2.57 bits per heavy atom. The molecule has 0 aliphatic carbocycles. The van der Waals surface area contributed by atoms with Gasteiger partial charge in [-0.2, -0.15) is 0 Å². The number of likely N-dealkylation sites (N-methyl/N-ethyl adjacent to an activating group) is 1. The number of likely N-dealkylation sites (tertiary alicyclic amines) is 1. The van der Waals surface area contributed by atoms with Gasteiger partial charge >= 0.3 is 0 Å². The van der Waals surface area contributed by atoms with E-state index in [0.29, 0.717) is 6.04 Å². The van der Waals surface area contributed by atoms with Crippen molar-refractivity contribution in [2.75, 3.05) is 26.7 Å². The van der Waals surface area contributed by atoms with Crippen molar-refractivity contribution in [1.82, 2.24) is 10.2 Å². The van der Waals surface area contributed by atoms with Crippen LogP contribution in [0.15, 0.2) is 24.3 Å². The third-order valence-corrected chi connectivity index (χ3v) is 4.54. The minimum Gasteiger partial charge on any atom is -0.494 e. The number of hydrogen-bond donors (Lipinski definition) is 1. The Hall–Kier alpha value is -1.06. The van der Waals surface area contributed by atoms with Crippen LogP contribution in [0.2, 0.25) is 0 Å². The van der Waals surface area contributed by atoms with Crippen LogP contribution < -0.4 is 10.1 Å². The highest BCUT2D eigenvalue weighted by atomic mass is 16.5. The standard InChI is InChI=1S/C18H30N2O/c1-5-21-16-10-8-15(9-11-16)17(19-4)13-20-12-6-7-18(20)14(2)3/h8-11,14,17-19H,5-7,12-13H2,1-4H3. The van der Waals surface area contributed by atoms with Crippen molar-refractivity contribution in [1.29, 1.82) is 0 Å². The van der Waals surface area contributed by atoms with E-state index in [0.717, 1.165) is 30.9 Å². The zero-order valence-corrected chi connectivity index (χ0v) is 13.9. The molecule has 1 saturated heterocycles. The van der Waals surface area contributed by atoms with E-state index >= 15 is 0 Å². The van der Waals surface area contributed by atoms with Crippen molar-refractivity contribution < 1.29 is 4.74 Å². The molecule has 0 saturated carbocycles. The second kappa shape index (κ2) is 7.81. The van der Waals surface area contributed by atoms with Gasteiger partial charge in [0, 0.05) is 18.6 Å². The fourth-order valence-corrected chi connectivity index (χ4v) is 3.39. The normalized spacial score (nSPS) is 20.9. The molecule has 0 amide bonds. The van der Waals surface area contributed by atoms with Gasteiger partial charge in [0.05, 0.1) is 6.61 Å². The van der Waals surface area contributed by atoms with Crippen LogP contribution >= 0.6 is 0 Å². The Morgan fingerprint density at radius 2 is 2.00 bits per heavy atom. The molecule has 3 heteroatoms. The SMILES string of the molecule is CCOc1ccc(C(CN2CCCC2C(C)C)NC)cc1. The average molecular weight is 290 g/mol. The van der Waals surface area contributed by atoms with E-state index < -0.39 is 0 Å². The van der Waals surface area contributed by atoms with Gasteiger partial charge in [-0.15, -0.1) is 0 Å². The molecular weight excluding hydrogens is 260 g/mol. The van der Waals surface area contributed by atoms with Crippen LogP contribution in [0.25, 0.3) is 0 Å². The van der Waals surface area contributed by atoms with Gasteiger partial charge in [0.15, 0.2) is 0 Å². The lowest BCUT2D eigenvalue weighted by atomic mass is 10.0. The molecule has 1 aliphatic heterocycles. The Morgan fingerprint density at radius 1 is 1.29 bits per heavy atom. The van der Waals surface area contributed by atoms with E-state index in [1.165, 1.54) is 24.9 Å². The smallest absolute Gasteiger partial charge is 0.119 e. The first kappa shape index (κ1) is 16.3. The molecule has 0 bridgehead atoms. The van der Waals surface area contributed by atoms with Crippen LogP contribution in [-0.2, 0) is 0 Å². The van der Waals surface area contributed by atoms with Crippen LogP contribution in [0.3, 0.4) is 0 Å². The zero-order valence-electron chi connectivity index (χ0n) is 13.9. The minimum absolute atomic E-state index is 0.389. The zero-order chi connectivity index (χ0) is 15.2. The van der Waals surface area contributed by atoms with Gasteiger partial charge < -0.3 is 10.1 Å². The monoisotopic (exact) mass is 290 g/mol. The highest BCUT2D eigenvalue weighted by molar-refractivity contribution is 5.29. The largest absolute Gasteiger partial charge is 0.494 e. The fourth-order valence-electron chi connectivity index (χ4n) is 3.39. The summed E-state index contributed by atoms with van der Waals surface area (Å²) in [7, 11) is 2.06. The minimum atomic E-state index is 0.389. The summed E-state index contributed by atoms with van der Waals surface area (Å²) in [6.07, 6.45) is 2.68. The highest BCUT2D eigenvalue weighted by Crippen LogP contribution is 2.27. The predicted molar refractivity (Wildman–Crippen MR) is 88.8 cm³/mol. The van der Waals surface area contributed by atoms with Crippen LogP contribution in [0.1, 0.15) is 45.2 Å². The molecule has 21 heavy (non-hydrogen) atoms. The van der Waals surface area contributed by atoms with Crippen molar-refractivity contribution in [3.63, 3.8) is 0 Å². The van der Waals surface area contributed by atoms with E-state index in [1.807, 2.05) is 6.92 Å². The van der Waals surface area contributed by atoms with Gasteiger partial charge in [0.25, 0.3) is 0 Å². The molecule has 0 radical (unpaired) electrons. The molecule has 1 aromatic carbocycles. The summed E-state index contributed by atoms with van der Waals surface area (Å²) in [4.78, 5) is 2.66. The summed E-state index contributed by atoms with van der Waals surface area (Å²) in [6, 6.07) is 9.66. The predicted octanol–water partition coefficient (Wildman–Crippen LogP) is 3.47. The molecule has 1 heterocycles. The van der Waals surface area contributed by atoms with Crippen molar-refractivity contribution >= 4 is 0 Å². The van der Waals surface area contributed by atoms with E-state index in [-0.39, 0.29) is 0 Å². The molecule has 1 N–H and O–H groups in total. The molecule has 0 aromatic heterocycles. The first-order valence-corrected chi connectivity index (χ1v) is 8.29. The van der Waals surface area contributed by atoms with Gasteiger partial charge in [-0.25, -0.2) is 0 Å². The van der Waals surface area contributed by atoms with Crippen molar-refractivity contribution in [2.24, 2.45) is 5.92 Å². The summed E-state index contributed by atoms with van der Waals surface area (Å²) < 4.78 is 5.53. The van der Waals surface area contributed by atoms with E-state index in [4.69, 9.17) is 4.74 Å². The first-order chi connectivity index (χ1) is 10.2. The summed E-state index contributed by atoms with van der Waals surface area (Å²) in [6.45, 7) is 9.75. The number of benzene rings is 1. The lowest BCUT2D eigenvalue weighted by molar-refractivity contribution is 0.188. The summed E-state index contributed by atoms with van der Waals surface area (Å²) in [5.74, 6) is 1.70. The van der Waals surface area contributed by atoms with Crippen LogP contribution in [-0.4, -0.2) is 37.7 Å². The third-order valence-electron chi connectivity index (χ3n) is 4.54. The molecule has 0 spiro atoms. The molecule has 2 unspecified atom stereocenters. The third kappa shape index (κ3) is 4.21. The van der Waals surface area contributed by atoms with E-state index in [1.54, 1.807) is 0 Å². The van der Waals surface area contributed by atoms with E-state index in [2.05, 4.69) is 55.4 Å². The van der Waals surface area contributed by atoms with Crippen molar-refractivity contribution in [3.8, 4) is 5.75 Å². The molecule has 118 valence electrons. The second-order valence-electron chi connectivity index (χ2n) is 6.29. The molecule has 3 nitrogen and oxygen atoms in total. The van der Waals surface area contributed by atoms with Crippen LogP contribution in [0.4, 0.5) is 0 Å². The second-order valence-corrected chi connectivity index (χ2v) is 6.29. The topological polar surface area (TPSA) is 24.5 Å². The van der Waals surface area contributed by atoms with Gasteiger partial charge in [-0.05, 0) is 57.0 Å². The Kier molecular flexibility index (Phi) is 6.07. The van der Waals surface area contributed by atoms with Crippen molar-refractivity contribution in [2.45, 2.75) is 45.7 Å². The fraction of sp³-hybridized carbons (Fsp3) is 0.667. The first-order valence-electron chi connectivity index (χ1n) is 8.29. The molecule has 1 aliphatic rings. The highest BCUT2D eigenvalue weighted by Gasteiger charge is 2.28. The van der Waals surface area contributed by atoms with E-state index in [9.17, 15) is 0 Å². The maximum Gasteiger partial charge on any atom is 0.119 e. The van der Waals surface area contributed by atoms with Crippen molar-refractivity contribution in [3.05, 3.63) is 29.8 Å². The number of nitrogens with zero attached hydrogens (tertiary/aromatic N) is 1. The number of rotatable bonds is 7. The molecule has 1 fully saturated rings. The Bertz CT molecular complexity index is 416. The molecular formula is C18H30N2O. The van der Waals surface area contributed by atoms with Gasteiger partial charge in [0.2, 0.25) is 0 Å². The van der Waals surface area contributed by atoms with Gasteiger partial charge in [0.1, 0.15) is 5.75 Å². The van der Waals surface area contributed by atoms with Gasteiger partial charge in [-0.1, -0.05) is 26.0 Å². The number of nitrogens with one attached hydrogen (secondary N) is 1. The molecule has 2 atom stereocenters. The molecule has 2 rings (SSSR count). The lowest BCUT2D eigenvalue weighted by Crippen LogP contribution is -2.39.